The monoisotopic (exact) mass is 370 g/mol. The Bertz CT molecular complexity index is 765. The normalized spacial score (nSPS) is 10.7. The van der Waals surface area contributed by atoms with Crippen LogP contribution in [0.5, 0.6) is 11.5 Å². The second kappa shape index (κ2) is 8.16. The third kappa shape index (κ3) is 4.21. The Kier molecular flexibility index (Phi) is 5.95. The molecule has 0 unspecified atom stereocenters. The van der Waals surface area contributed by atoms with E-state index < -0.39 is 0 Å². The minimum Gasteiger partial charge on any atom is -0.493 e. The van der Waals surface area contributed by atoms with Gasteiger partial charge in [-0.25, -0.2) is 0 Å². The van der Waals surface area contributed by atoms with Gasteiger partial charge in [0.25, 0.3) is 0 Å². The summed E-state index contributed by atoms with van der Waals surface area (Å²) in [5.41, 5.74) is 1.90. The number of benzene rings is 1. The summed E-state index contributed by atoms with van der Waals surface area (Å²) in [6.45, 7) is 4.01. The highest BCUT2D eigenvalue weighted by Crippen LogP contribution is 2.37. The van der Waals surface area contributed by atoms with Gasteiger partial charge in [0.1, 0.15) is 12.7 Å². The Morgan fingerprint density at radius 2 is 2.26 bits per heavy atom. The molecule has 1 aromatic heterocycles. The molecule has 5 heteroatoms. The van der Waals surface area contributed by atoms with Crippen molar-refractivity contribution in [3.63, 3.8) is 0 Å². The van der Waals surface area contributed by atoms with E-state index in [1.807, 2.05) is 24.3 Å². The van der Waals surface area contributed by atoms with Crippen LogP contribution in [0.3, 0.4) is 0 Å². The number of ether oxygens (including phenoxy) is 2. The van der Waals surface area contributed by atoms with Crippen LogP contribution in [0.4, 0.5) is 0 Å². The Labute approximate surface area is 143 Å². The number of nitrogens with zero attached hydrogens (tertiary/aromatic N) is 2. The first-order valence-electron chi connectivity index (χ1n) is 6.84. The average molecular weight is 371 g/mol. The largest absolute Gasteiger partial charge is 0.493 e. The van der Waals surface area contributed by atoms with Gasteiger partial charge in [-0.3, -0.25) is 4.98 Å². The topological polar surface area (TPSA) is 55.1 Å². The first-order chi connectivity index (χ1) is 11.2. The van der Waals surface area contributed by atoms with Gasteiger partial charge in [0, 0.05) is 6.20 Å². The lowest BCUT2D eigenvalue weighted by Gasteiger charge is -2.12. The third-order valence-electron chi connectivity index (χ3n) is 2.97. The van der Waals surface area contributed by atoms with Gasteiger partial charge in [-0.1, -0.05) is 18.7 Å². The molecule has 0 saturated carbocycles. The lowest BCUT2D eigenvalue weighted by molar-refractivity contribution is 0.324. The summed E-state index contributed by atoms with van der Waals surface area (Å²) in [6.07, 6.45) is 5.07. The number of rotatable bonds is 6. The lowest BCUT2D eigenvalue weighted by Crippen LogP contribution is -1.98. The van der Waals surface area contributed by atoms with Gasteiger partial charge < -0.3 is 9.47 Å². The maximum atomic E-state index is 9.37. The van der Waals surface area contributed by atoms with Crippen LogP contribution in [0, 0.1) is 11.3 Å². The minimum absolute atomic E-state index is 0.377. The van der Waals surface area contributed by atoms with Crippen LogP contribution in [0.1, 0.15) is 11.3 Å². The van der Waals surface area contributed by atoms with Crippen molar-refractivity contribution in [2.45, 2.75) is 0 Å². The first kappa shape index (κ1) is 16.8. The van der Waals surface area contributed by atoms with Gasteiger partial charge in [-0.05, 0) is 51.8 Å². The highest BCUT2D eigenvalue weighted by molar-refractivity contribution is 9.10. The van der Waals surface area contributed by atoms with E-state index in [0.717, 1.165) is 10.0 Å². The minimum atomic E-state index is 0.377. The Morgan fingerprint density at radius 3 is 2.87 bits per heavy atom. The molecule has 2 aromatic rings. The van der Waals surface area contributed by atoms with Crippen molar-refractivity contribution in [3.8, 4) is 17.6 Å². The Hall–Kier alpha value is -2.58. The van der Waals surface area contributed by atoms with E-state index in [1.54, 1.807) is 31.5 Å². The predicted molar refractivity (Wildman–Crippen MR) is 94.1 cm³/mol. The predicted octanol–water partition coefficient (Wildman–Crippen LogP) is 4.48. The van der Waals surface area contributed by atoms with Crippen molar-refractivity contribution in [1.29, 1.82) is 5.26 Å². The molecule has 1 aromatic carbocycles. The van der Waals surface area contributed by atoms with Gasteiger partial charge in [0.05, 0.1) is 22.8 Å². The first-order valence-corrected chi connectivity index (χ1v) is 7.63. The van der Waals surface area contributed by atoms with E-state index in [9.17, 15) is 5.26 Å². The average Bonchev–Trinajstić information content (AvgIpc) is 2.59. The zero-order chi connectivity index (χ0) is 16.7. The zero-order valence-electron chi connectivity index (χ0n) is 12.6. The van der Waals surface area contributed by atoms with Crippen LogP contribution >= 0.6 is 15.9 Å². The number of nitriles is 1. The molecule has 4 nitrogen and oxygen atoms in total. The van der Waals surface area contributed by atoms with E-state index in [4.69, 9.17) is 9.47 Å². The SMILES string of the molecule is C=CCOc1c(Br)cc(/C=C(\C#N)c2ccccn2)cc1OC. The third-order valence-corrected chi connectivity index (χ3v) is 3.56. The van der Waals surface area contributed by atoms with E-state index in [2.05, 4.69) is 33.6 Å². The quantitative estimate of drug-likeness (QED) is 0.555. The highest BCUT2D eigenvalue weighted by Gasteiger charge is 2.11. The molecule has 0 N–H and O–H groups in total. The highest BCUT2D eigenvalue weighted by atomic mass is 79.9. The molecule has 0 aliphatic rings. The lowest BCUT2D eigenvalue weighted by atomic mass is 10.1. The second-order valence-electron chi connectivity index (χ2n) is 4.52. The van der Waals surface area contributed by atoms with Crippen molar-refractivity contribution >= 4 is 27.6 Å². The fourth-order valence-corrected chi connectivity index (χ4v) is 2.53. The van der Waals surface area contributed by atoms with Crippen molar-refractivity contribution in [1.82, 2.24) is 4.98 Å². The molecule has 0 aliphatic heterocycles. The maximum Gasteiger partial charge on any atom is 0.175 e. The number of hydrogen-bond donors (Lipinski definition) is 0. The van der Waals surface area contributed by atoms with Gasteiger partial charge in [0.2, 0.25) is 0 Å². The van der Waals surface area contributed by atoms with Crippen LogP contribution in [-0.2, 0) is 0 Å². The summed E-state index contributed by atoms with van der Waals surface area (Å²) in [4.78, 5) is 4.20. The number of pyridine rings is 1. The Morgan fingerprint density at radius 1 is 1.43 bits per heavy atom. The van der Waals surface area contributed by atoms with Crippen LogP contribution < -0.4 is 9.47 Å². The number of methoxy groups -OCH3 is 1. The molecular weight excluding hydrogens is 356 g/mol. The summed E-state index contributed by atoms with van der Waals surface area (Å²) >= 11 is 3.47. The van der Waals surface area contributed by atoms with Crippen LogP contribution in [0.25, 0.3) is 11.6 Å². The molecule has 0 radical (unpaired) electrons. The zero-order valence-corrected chi connectivity index (χ0v) is 14.2. The fourth-order valence-electron chi connectivity index (χ4n) is 1.96. The molecule has 23 heavy (non-hydrogen) atoms. The molecule has 2 rings (SSSR count). The summed E-state index contributed by atoms with van der Waals surface area (Å²) in [6, 6.07) is 11.3. The van der Waals surface area contributed by atoms with Crippen molar-refractivity contribution in [2.24, 2.45) is 0 Å². The van der Waals surface area contributed by atoms with Crippen LogP contribution in [0.2, 0.25) is 0 Å². The molecule has 0 fully saturated rings. The van der Waals surface area contributed by atoms with Gasteiger partial charge in [-0.15, -0.1) is 0 Å². The molecule has 0 bridgehead atoms. The van der Waals surface area contributed by atoms with Crippen molar-refractivity contribution in [3.05, 3.63) is 64.9 Å². The van der Waals surface area contributed by atoms with Gasteiger partial charge in [-0.2, -0.15) is 5.26 Å². The number of hydrogen-bond acceptors (Lipinski definition) is 4. The molecular formula is C18H15BrN2O2. The van der Waals surface area contributed by atoms with E-state index in [-0.39, 0.29) is 0 Å². The Balaban J connectivity index is 2.44. The van der Waals surface area contributed by atoms with Crippen LogP contribution in [-0.4, -0.2) is 18.7 Å². The number of halogens is 1. The summed E-state index contributed by atoms with van der Waals surface area (Å²) in [7, 11) is 1.57. The van der Waals surface area contributed by atoms with Gasteiger partial charge in [0.15, 0.2) is 11.5 Å². The fraction of sp³-hybridized carbons (Fsp3) is 0.111. The molecule has 0 spiro atoms. The summed E-state index contributed by atoms with van der Waals surface area (Å²) < 4.78 is 11.7. The molecule has 0 saturated heterocycles. The maximum absolute atomic E-state index is 9.37. The molecule has 1 heterocycles. The van der Waals surface area contributed by atoms with E-state index in [1.165, 1.54) is 0 Å². The molecule has 116 valence electrons. The smallest absolute Gasteiger partial charge is 0.175 e. The number of allylic oxidation sites excluding steroid dienone is 1. The standard InChI is InChI=1S/C18H15BrN2O2/c1-3-8-23-18-15(19)10-13(11-17(18)22-2)9-14(12-20)16-6-4-5-7-21-16/h3-7,9-11H,1,8H2,2H3/b14-9+. The molecule has 0 aliphatic carbocycles. The van der Waals surface area contributed by atoms with E-state index >= 15 is 0 Å². The summed E-state index contributed by atoms with van der Waals surface area (Å²) in [5, 5.41) is 9.37. The van der Waals surface area contributed by atoms with Crippen LogP contribution in [0.15, 0.2) is 53.7 Å². The van der Waals surface area contributed by atoms with Gasteiger partial charge >= 0.3 is 0 Å². The number of aromatic nitrogens is 1. The summed E-state index contributed by atoms with van der Waals surface area (Å²) in [5.74, 6) is 1.17. The second-order valence-corrected chi connectivity index (χ2v) is 5.37. The molecule has 0 amide bonds. The van der Waals surface area contributed by atoms with Crippen molar-refractivity contribution < 1.29 is 9.47 Å². The molecule has 0 atom stereocenters. The van der Waals surface area contributed by atoms with Crippen molar-refractivity contribution in [2.75, 3.05) is 13.7 Å². The van der Waals surface area contributed by atoms with E-state index in [0.29, 0.717) is 29.4 Å².